The number of hydrogen-bond acceptors (Lipinski definition) is 6. The summed E-state index contributed by atoms with van der Waals surface area (Å²) < 4.78 is 5.21. The molecule has 0 amide bonds. The quantitative estimate of drug-likeness (QED) is 0.694. The molecule has 1 aromatic rings. The summed E-state index contributed by atoms with van der Waals surface area (Å²) in [6, 6.07) is 2.02. The first-order chi connectivity index (χ1) is 10.3. The molecular weight excluding hydrogens is 268 g/mol. The Labute approximate surface area is 126 Å². The molecule has 0 saturated carbocycles. The van der Waals surface area contributed by atoms with E-state index >= 15 is 0 Å². The van der Waals surface area contributed by atoms with Gasteiger partial charge < -0.3 is 20.1 Å². The molecule has 1 saturated heterocycles. The second-order valence-electron chi connectivity index (χ2n) is 5.36. The molecule has 1 aliphatic heterocycles. The van der Waals surface area contributed by atoms with Gasteiger partial charge in [0.25, 0.3) is 0 Å². The minimum Gasteiger partial charge on any atom is -0.394 e. The number of aliphatic hydroxyl groups is 1. The van der Waals surface area contributed by atoms with Gasteiger partial charge in [-0.2, -0.15) is 0 Å². The summed E-state index contributed by atoms with van der Waals surface area (Å²) >= 11 is 0. The third kappa shape index (κ3) is 5.57. The molecule has 0 aliphatic carbocycles. The molecule has 6 nitrogen and oxygen atoms in total. The first kappa shape index (κ1) is 16.1. The Hall–Kier alpha value is -1.24. The van der Waals surface area contributed by atoms with E-state index in [4.69, 9.17) is 9.84 Å². The lowest BCUT2D eigenvalue weighted by molar-refractivity contribution is 0.0937. The van der Waals surface area contributed by atoms with Crippen molar-refractivity contribution in [1.29, 1.82) is 0 Å². The number of ether oxygens (including phenoxy) is 1. The van der Waals surface area contributed by atoms with Crippen molar-refractivity contribution in [2.24, 2.45) is 0 Å². The van der Waals surface area contributed by atoms with Gasteiger partial charge in [-0.3, -0.25) is 0 Å². The van der Waals surface area contributed by atoms with Crippen molar-refractivity contribution in [3.8, 4) is 0 Å². The summed E-state index contributed by atoms with van der Waals surface area (Å²) in [6.07, 6.45) is 3.77. The van der Waals surface area contributed by atoms with Crippen LogP contribution in [0.3, 0.4) is 0 Å². The van der Waals surface area contributed by atoms with Crippen molar-refractivity contribution in [3.63, 3.8) is 0 Å². The molecule has 0 unspecified atom stereocenters. The summed E-state index contributed by atoms with van der Waals surface area (Å²) in [4.78, 5) is 11.5. The fourth-order valence-electron chi connectivity index (χ4n) is 2.47. The maximum Gasteiger partial charge on any atom is 0.225 e. The fourth-order valence-corrected chi connectivity index (χ4v) is 2.47. The van der Waals surface area contributed by atoms with Gasteiger partial charge in [0.1, 0.15) is 0 Å². The maximum atomic E-state index is 8.62. The Morgan fingerprint density at radius 3 is 2.81 bits per heavy atom. The summed E-state index contributed by atoms with van der Waals surface area (Å²) in [5, 5.41) is 11.9. The number of piperidine rings is 1. The Balaban J connectivity index is 1.83. The van der Waals surface area contributed by atoms with Crippen LogP contribution in [-0.2, 0) is 11.3 Å². The van der Waals surface area contributed by atoms with Gasteiger partial charge in [0.2, 0.25) is 5.95 Å². The summed E-state index contributed by atoms with van der Waals surface area (Å²) in [5.74, 6) is 0.864. The minimum absolute atomic E-state index is 0.0737. The van der Waals surface area contributed by atoms with Gasteiger partial charge >= 0.3 is 0 Å². The van der Waals surface area contributed by atoms with Crippen LogP contribution in [0.25, 0.3) is 0 Å². The van der Waals surface area contributed by atoms with Crippen molar-refractivity contribution in [3.05, 3.63) is 17.5 Å². The van der Waals surface area contributed by atoms with E-state index in [-0.39, 0.29) is 6.61 Å². The van der Waals surface area contributed by atoms with Gasteiger partial charge in [-0.05, 0) is 32.3 Å². The molecule has 0 radical (unpaired) electrons. The number of nitrogens with one attached hydrogen (secondary N) is 1. The molecule has 1 fully saturated rings. The standard InChI is InChI=1S/C15H26N4O2/c1-13-11-14(12-16-5-9-21-10-8-20)18-15(17-13)19-6-3-2-4-7-19/h11,16,20H,2-10,12H2,1H3. The predicted molar refractivity (Wildman–Crippen MR) is 82.4 cm³/mol. The third-order valence-corrected chi connectivity index (χ3v) is 3.50. The van der Waals surface area contributed by atoms with Crippen molar-refractivity contribution in [2.75, 3.05) is 44.4 Å². The van der Waals surface area contributed by atoms with Crippen LogP contribution < -0.4 is 10.2 Å². The molecule has 2 heterocycles. The lowest BCUT2D eigenvalue weighted by Gasteiger charge is -2.27. The molecule has 2 rings (SSSR count). The Morgan fingerprint density at radius 1 is 1.24 bits per heavy atom. The molecule has 6 heteroatoms. The number of anilines is 1. The van der Waals surface area contributed by atoms with Gasteiger partial charge in [0, 0.05) is 31.9 Å². The van der Waals surface area contributed by atoms with Crippen molar-refractivity contribution in [2.45, 2.75) is 32.7 Å². The maximum absolute atomic E-state index is 8.62. The average Bonchev–Trinajstić information content (AvgIpc) is 2.51. The second-order valence-corrected chi connectivity index (χ2v) is 5.36. The molecule has 2 N–H and O–H groups in total. The third-order valence-electron chi connectivity index (χ3n) is 3.50. The molecule has 1 aromatic heterocycles. The molecule has 21 heavy (non-hydrogen) atoms. The highest BCUT2D eigenvalue weighted by Gasteiger charge is 2.14. The normalized spacial score (nSPS) is 15.4. The smallest absolute Gasteiger partial charge is 0.225 e. The van der Waals surface area contributed by atoms with Gasteiger partial charge in [-0.25, -0.2) is 9.97 Å². The number of aliphatic hydroxyl groups excluding tert-OH is 1. The largest absolute Gasteiger partial charge is 0.394 e. The summed E-state index contributed by atoms with van der Waals surface area (Å²) in [5.41, 5.74) is 2.03. The zero-order valence-electron chi connectivity index (χ0n) is 12.8. The molecule has 0 atom stereocenters. The van der Waals surface area contributed by atoms with Crippen LogP contribution in [0.4, 0.5) is 5.95 Å². The zero-order chi connectivity index (χ0) is 14.9. The van der Waals surface area contributed by atoms with E-state index in [1.165, 1.54) is 19.3 Å². The lowest BCUT2D eigenvalue weighted by Crippen LogP contribution is -2.31. The van der Waals surface area contributed by atoms with Gasteiger partial charge in [-0.15, -0.1) is 0 Å². The van der Waals surface area contributed by atoms with Gasteiger partial charge in [0.15, 0.2) is 0 Å². The SMILES string of the molecule is Cc1cc(CNCCOCCO)nc(N2CCCCC2)n1. The average molecular weight is 294 g/mol. The fraction of sp³-hybridized carbons (Fsp3) is 0.733. The zero-order valence-corrected chi connectivity index (χ0v) is 12.8. The minimum atomic E-state index is 0.0737. The van der Waals surface area contributed by atoms with E-state index in [9.17, 15) is 0 Å². The van der Waals surface area contributed by atoms with Gasteiger partial charge in [-0.1, -0.05) is 0 Å². The lowest BCUT2D eigenvalue weighted by atomic mass is 10.1. The van der Waals surface area contributed by atoms with E-state index in [1.54, 1.807) is 0 Å². The summed E-state index contributed by atoms with van der Waals surface area (Å²) in [6.45, 7) is 6.68. The molecule has 0 aromatic carbocycles. The highest BCUT2D eigenvalue weighted by Crippen LogP contribution is 2.16. The van der Waals surface area contributed by atoms with Crippen molar-refractivity contribution in [1.82, 2.24) is 15.3 Å². The molecule has 0 spiro atoms. The van der Waals surface area contributed by atoms with Crippen LogP contribution in [0.15, 0.2) is 6.07 Å². The molecule has 0 bridgehead atoms. The molecule has 118 valence electrons. The van der Waals surface area contributed by atoms with Crippen LogP contribution in [-0.4, -0.2) is 54.5 Å². The van der Waals surface area contributed by atoms with Crippen LogP contribution in [0.1, 0.15) is 30.7 Å². The molecular formula is C15H26N4O2. The Kier molecular flexibility index (Phi) is 6.85. The predicted octanol–water partition coefficient (Wildman–Crippen LogP) is 0.874. The van der Waals surface area contributed by atoms with E-state index in [2.05, 4.69) is 20.2 Å². The van der Waals surface area contributed by atoms with Crippen LogP contribution in [0.5, 0.6) is 0 Å². The van der Waals surface area contributed by atoms with E-state index < -0.39 is 0 Å². The number of rotatable bonds is 8. The van der Waals surface area contributed by atoms with Crippen LogP contribution in [0, 0.1) is 6.92 Å². The van der Waals surface area contributed by atoms with Crippen molar-refractivity contribution >= 4 is 5.95 Å². The van der Waals surface area contributed by atoms with E-state index in [1.807, 2.05) is 13.0 Å². The summed E-state index contributed by atoms with van der Waals surface area (Å²) in [7, 11) is 0. The Bertz CT molecular complexity index is 422. The second kappa shape index (κ2) is 8.92. The van der Waals surface area contributed by atoms with E-state index in [0.717, 1.165) is 37.0 Å². The monoisotopic (exact) mass is 294 g/mol. The highest BCUT2D eigenvalue weighted by atomic mass is 16.5. The highest BCUT2D eigenvalue weighted by molar-refractivity contribution is 5.32. The number of hydrogen-bond donors (Lipinski definition) is 2. The number of aryl methyl sites for hydroxylation is 1. The van der Waals surface area contributed by atoms with Crippen LogP contribution >= 0.6 is 0 Å². The number of aromatic nitrogens is 2. The molecule has 1 aliphatic rings. The number of nitrogens with zero attached hydrogens (tertiary/aromatic N) is 3. The Morgan fingerprint density at radius 2 is 2.05 bits per heavy atom. The first-order valence-corrected chi connectivity index (χ1v) is 7.78. The van der Waals surface area contributed by atoms with Crippen LogP contribution in [0.2, 0.25) is 0 Å². The van der Waals surface area contributed by atoms with Gasteiger partial charge in [0.05, 0.1) is 25.5 Å². The van der Waals surface area contributed by atoms with E-state index in [0.29, 0.717) is 19.8 Å². The topological polar surface area (TPSA) is 70.5 Å². The van der Waals surface area contributed by atoms with Crippen molar-refractivity contribution < 1.29 is 9.84 Å². The first-order valence-electron chi connectivity index (χ1n) is 7.78.